The molecule has 1 N–H and O–H groups in total. The summed E-state index contributed by atoms with van der Waals surface area (Å²) in [5.74, 6) is 0.315. The monoisotopic (exact) mass is 243 g/mol. The van der Waals surface area contributed by atoms with Gasteiger partial charge < -0.3 is 9.88 Å². The first kappa shape index (κ1) is 11.4. The third-order valence-electron chi connectivity index (χ3n) is 3.76. The van der Waals surface area contributed by atoms with Gasteiger partial charge in [0.05, 0.1) is 5.92 Å². The van der Waals surface area contributed by atoms with E-state index in [0.717, 1.165) is 29.7 Å². The third kappa shape index (κ3) is 1.64. The van der Waals surface area contributed by atoms with Crippen LogP contribution in [0.4, 0.5) is 0 Å². The molecule has 94 valence electrons. The van der Waals surface area contributed by atoms with Gasteiger partial charge in [0.2, 0.25) is 0 Å². The Morgan fingerprint density at radius 3 is 3.11 bits per heavy atom. The van der Waals surface area contributed by atoms with E-state index in [1.165, 1.54) is 5.56 Å². The lowest BCUT2D eigenvalue weighted by Gasteiger charge is -2.21. The Bertz CT molecular complexity index is 615. The lowest BCUT2D eigenvalue weighted by Crippen LogP contribution is -2.35. The van der Waals surface area contributed by atoms with Crippen molar-refractivity contribution >= 4 is 16.8 Å². The SMILES string of the molecule is Cc1ccnc2c1c(C1CNCCC1=O)cn2C. The number of rotatable bonds is 1. The minimum Gasteiger partial charge on any atom is -0.335 e. The molecule has 4 heteroatoms. The van der Waals surface area contributed by atoms with Crippen LogP contribution in [0, 0.1) is 6.92 Å². The van der Waals surface area contributed by atoms with E-state index in [0.29, 0.717) is 12.2 Å². The Morgan fingerprint density at radius 1 is 1.50 bits per heavy atom. The second-order valence-corrected chi connectivity index (χ2v) is 4.99. The summed E-state index contributed by atoms with van der Waals surface area (Å²) in [4.78, 5) is 16.5. The molecule has 1 fully saturated rings. The molecule has 4 nitrogen and oxygen atoms in total. The number of aryl methyl sites for hydroxylation is 2. The van der Waals surface area contributed by atoms with Crippen molar-refractivity contribution in [3.63, 3.8) is 0 Å². The molecular formula is C14H17N3O. The fourth-order valence-corrected chi connectivity index (χ4v) is 2.80. The van der Waals surface area contributed by atoms with Crippen LogP contribution < -0.4 is 5.32 Å². The molecule has 3 heterocycles. The van der Waals surface area contributed by atoms with E-state index in [9.17, 15) is 4.79 Å². The number of ketones is 1. The van der Waals surface area contributed by atoms with E-state index >= 15 is 0 Å². The van der Waals surface area contributed by atoms with Crippen molar-refractivity contribution < 1.29 is 4.79 Å². The van der Waals surface area contributed by atoms with Crippen molar-refractivity contribution in [2.24, 2.45) is 7.05 Å². The van der Waals surface area contributed by atoms with E-state index in [1.807, 2.05) is 23.9 Å². The molecule has 0 aliphatic carbocycles. The van der Waals surface area contributed by atoms with Crippen LogP contribution in [0.1, 0.15) is 23.5 Å². The van der Waals surface area contributed by atoms with Crippen molar-refractivity contribution in [2.45, 2.75) is 19.3 Å². The molecule has 2 aromatic heterocycles. The van der Waals surface area contributed by atoms with Crippen molar-refractivity contribution in [2.75, 3.05) is 13.1 Å². The molecule has 1 atom stereocenters. The number of fused-ring (bicyclic) bond motifs is 1. The molecule has 0 radical (unpaired) electrons. The van der Waals surface area contributed by atoms with Gasteiger partial charge in [0.1, 0.15) is 11.4 Å². The standard InChI is InChI=1S/C14H17N3O/c1-9-3-6-16-14-13(9)11(8-17(14)2)10-7-15-5-4-12(10)18/h3,6,8,10,15H,4-5,7H2,1-2H3. The number of piperidine rings is 1. The van der Waals surface area contributed by atoms with Gasteiger partial charge in [-0.3, -0.25) is 4.79 Å². The normalized spacial score (nSPS) is 20.6. The number of hydrogen-bond donors (Lipinski definition) is 1. The van der Waals surface area contributed by atoms with E-state index in [-0.39, 0.29) is 5.92 Å². The van der Waals surface area contributed by atoms with Gasteiger partial charge >= 0.3 is 0 Å². The van der Waals surface area contributed by atoms with Crippen LogP contribution in [-0.4, -0.2) is 28.4 Å². The van der Waals surface area contributed by atoms with Crippen LogP contribution in [0.3, 0.4) is 0 Å². The zero-order chi connectivity index (χ0) is 12.7. The maximum atomic E-state index is 12.1. The van der Waals surface area contributed by atoms with Gasteiger partial charge in [-0.15, -0.1) is 0 Å². The molecule has 1 unspecified atom stereocenters. The Hall–Kier alpha value is -1.68. The maximum absolute atomic E-state index is 12.1. The molecule has 0 saturated carbocycles. The first-order chi connectivity index (χ1) is 8.68. The average Bonchev–Trinajstić information content (AvgIpc) is 2.69. The van der Waals surface area contributed by atoms with Crippen molar-refractivity contribution in [3.05, 3.63) is 29.6 Å². The van der Waals surface area contributed by atoms with Gasteiger partial charge in [0, 0.05) is 44.3 Å². The summed E-state index contributed by atoms with van der Waals surface area (Å²) in [5.41, 5.74) is 3.27. The fourth-order valence-electron chi connectivity index (χ4n) is 2.80. The van der Waals surface area contributed by atoms with E-state index in [2.05, 4.69) is 23.4 Å². The topological polar surface area (TPSA) is 46.9 Å². The van der Waals surface area contributed by atoms with Crippen LogP contribution in [0.2, 0.25) is 0 Å². The molecule has 3 rings (SSSR count). The second kappa shape index (κ2) is 4.21. The minimum atomic E-state index is -0.0228. The quantitative estimate of drug-likeness (QED) is 0.826. The summed E-state index contributed by atoms with van der Waals surface area (Å²) in [7, 11) is 1.99. The molecule has 1 aliphatic heterocycles. The molecule has 18 heavy (non-hydrogen) atoms. The first-order valence-electron chi connectivity index (χ1n) is 6.32. The Kier molecular flexibility index (Phi) is 2.67. The maximum Gasteiger partial charge on any atom is 0.142 e. The molecule has 1 aliphatic rings. The van der Waals surface area contributed by atoms with Gasteiger partial charge in [-0.1, -0.05) is 0 Å². The van der Waals surface area contributed by atoms with Crippen LogP contribution in [0.25, 0.3) is 11.0 Å². The number of Topliss-reactive ketones (excluding diaryl/α,β-unsaturated/α-hetero) is 1. The molecule has 0 aromatic carbocycles. The van der Waals surface area contributed by atoms with Gasteiger partial charge in [0.25, 0.3) is 0 Å². The van der Waals surface area contributed by atoms with Crippen LogP contribution in [0.15, 0.2) is 18.5 Å². The van der Waals surface area contributed by atoms with E-state index in [4.69, 9.17) is 0 Å². The smallest absolute Gasteiger partial charge is 0.142 e. The summed E-state index contributed by atoms with van der Waals surface area (Å²) in [5, 5.41) is 4.45. The Morgan fingerprint density at radius 2 is 2.33 bits per heavy atom. The van der Waals surface area contributed by atoms with E-state index in [1.54, 1.807) is 0 Å². The first-order valence-corrected chi connectivity index (χ1v) is 6.32. The lowest BCUT2D eigenvalue weighted by atomic mass is 9.89. The molecular weight excluding hydrogens is 226 g/mol. The van der Waals surface area contributed by atoms with Gasteiger partial charge in [-0.25, -0.2) is 4.98 Å². The number of pyridine rings is 1. The number of carbonyl (C=O) groups is 1. The summed E-state index contributed by atoms with van der Waals surface area (Å²) in [6, 6.07) is 2.01. The number of nitrogens with zero attached hydrogens (tertiary/aromatic N) is 2. The zero-order valence-electron chi connectivity index (χ0n) is 10.7. The highest BCUT2D eigenvalue weighted by Gasteiger charge is 2.27. The number of aromatic nitrogens is 2. The predicted octanol–water partition coefficient (Wildman–Crippen LogP) is 1.53. The van der Waals surface area contributed by atoms with Crippen molar-refractivity contribution in [3.8, 4) is 0 Å². The summed E-state index contributed by atoms with van der Waals surface area (Å²) < 4.78 is 2.01. The molecule has 1 saturated heterocycles. The lowest BCUT2D eigenvalue weighted by molar-refractivity contribution is -0.121. The highest BCUT2D eigenvalue weighted by molar-refractivity contribution is 5.94. The fraction of sp³-hybridized carbons (Fsp3) is 0.429. The molecule has 0 amide bonds. The average molecular weight is 243 g/mol. The van der Waals surface area contributed by atoms with Gasteiger partial charge in [0.15, 0.2) is 0 Å². The van der Waals surface area contributed by atoms with Crippen molar-refractivity contribution in [1.82, 2.24) is 14.9 Å². The zero-order valence-corrected chi connectivity index (χ0v) is 10.7. The summed E-state index contributed by atoms with van der Waals surface area (Å²) >= 11 is 0. The highest BCUT2D eigenvalue weighted by Crippen LogP contribution is 2.30. The van der Waals surface area contributed by atoms with Gasteiger partial charge in [-0.05, 0) is 24.1 Å². The van der Waals surface area contributed by atoms with Crippen LogP contribution in [0.5, 0.6) is 0 Å². The van der Waals surface area contributed by atoms with Crippen molar-refractivity contribution in [1.29, 1.82) is 0 Å². The largest absolute Gasteiger partial charge is 0.335 e. The van der Waals surface area contributed by atoms with Crippen LogP contribution >= 0.6 is 0 Å². The molecule has 0 spiro atoms. The molecule has 0 bridgehead atoms. The highest BCUT2D eigenvalue weighted by atomic mass is 16.1. The Balaban J connectivity index is 2.20. The number of carbonyl (C=O) groups excluding carboxylic acids is 1. The number of nitrogens with one attached hydrogen (secondary N) is 1. The summed E-state index contributed by atoms with van der Waals surface area (Å²) in [6.07, 6.45) is 4.50. The number of hydrogen-bond acceptors (Lipinski definition) is 3. The van der Waals surface area contributed by atoms with Gasteiger partial charge in [-0.2, -0.15) is 0 Å². The van der Waals surface area contributed by atoms with E-state index < -0.39 is 0 Å². The minimum absolute atomic E-state index is 0.0228. The third-order valence-corrected chi connectivity index (χ3v) is 3.76. The Labute approximate surface area is 106 Å². The second-order valence-electron chi connectivity index (χ2n) is 4.99. The van der Waals surface area contributed by atoms with Crippen LogP contribution in [-0.2, 0) is 11.8 Å². The summed E-state index contributed by atoms with van der Waals surface area (Å²) in [6.45, 7) is 3.62. The molecule has 2 aromatic rings. The predicted molar refractivity (Wildman–Crippen MR) is 70.7 cm³/mol.